The number of primary amides is 1. The molecule has 2 aromatic heterocycles. The van der Waals surface area contributed by atoms with Gasteiger partial charge in [-0.2, -0.15) is 0 Å². The Bertz CT molecular complexity index is 1360. The fraction of sp³-hybridized carbons (Fsp3) is 0.433. The molecule has 0 unspecified atom stereocenters. The molecule has 2 fully saturated rings. The minimum absolute atomic E-state index is 0.0713. The fourth-order valence-electron chi connectivity index (χ4n) is 5.83. The Labute approximate surface area is 233 Å². The SMILES string of the molecule is NC(=O)C1CCN(c2ccc(-c3cc(C(=O)NC[C@H]4CC[C@H](CNC(=O)O)CC4)c4ccccc4n3)cn2)CC1. The quantitative estimate of drug-likeness (QED) is 0.337. The lowest BCUT2D eigenvalue weighted by molar-refractivity contribution is -0.122. The van der Waals surface area contributed by atoms with Crippen molar-refractivity contribution in [2.75, 3.05) is 31.1 Å². The number of hydrogen-bond donors (Lipinski definition) is 4. The first-order valence-corrected chi connectivity index (χ1v) is 14.0. The van der Waals surface area contributed by atoms with E-state index >= 15 is 0 Å². The lowest BCUT2D eigenvalue weighted by Crippen LogP contribution is -2.38. The van der Waals surface area contributed by atoms with Gasteiger partial charge < -0.3 is 26.4 Å². The van der Waals surface area contributed by atoms with E-state index in [0.29, 0.717) is 36.2 Å². The van der Waals surface area contributed by atoms with Gasteiger partial charge in [0.15, 0.2) is 0 Å². The molecule has 2 aliphatic rings. The van der Waals surface area contributed by atoms with Crippen LogP contribution in [0, 0.1) is 17.8 Å². The summed E-state index contributed by atoms with van der Waals surface area (Å²) >= 11 is 0. The topological polar surface area (TPSA) is 151 Å². The number of aromatic nitrogens is 2. The molecule has 40 heavy (non-hydrogen) atoms. The molecule has 0 atom stereocenters. The van der Waals surface area contributed by atoms with Crippen molar-refractivity contribution in [3.8, 4) is 11.3 Å². The summed E-state index contributed by atoms with van der Waals surface area (Å²) < 4.78 is 0. The van der Waals surface area contributed by atoms with E-state index in [4.69, 9.17) is 15.8 Å². The molecule has 0 spiro atoms. The number of nitrogens with one attached hydrogen (secondary N) is 2. The molecule has 0 bridgehead atoms. The lowest BCUT2D eigenvalue weighted by atomic mass is 9.82. The molecule has 1 aliphatic heterocycles. The van der Waals surface area contributed by atoms with Crippen molar-refractivity contribution in [1.82, 2.24) is 20.6 Å². The molecule has 1 saturated heterocycles. The van der Waals surface area contributed by atoms with Crippen LogP contribution in [-0.4, -0.2) is 59.2 Å². The van der Waals surface area contributed by atoms with Crippen molar-refractivity contribution in [1.29, 1.82) is 0 Å². The van der Waals surface area contributed by atoms with E-state index in [1.165, 1.54) is 0 Å². The van der Waals surface area contributed by atoms with E-state index in [0.717, 1.165) is 73.9 Å². The fourth-order valence-corrected chi connectivity index (χ4v) is 5.83. The van der Waals surface area contributed by atoms with Crippen LogP contribution in [0.5, 0.6) is 0 Å². The van der Waals surface area contributed by atoms with E-state index in [9.17, 15) is 14.4 Å². The number of anilines is 1. The highest BCUT2D eigenvalue weighted by Crippen LogP contribution is 2.29. The average molecular weight is 545 g/mol. The molecule has 10 nitrogen and oxygen atoms in total. The van der Waals surface area contributed by atoms with Gasteiger partial charge in [0.25, 0.3) is 5.91 Å². The highest BCUT2D eigenvalue weighted by molar-refractivity contribution is 6.07. The molecule has 5 rings (SSSR count). The summed E-state index contributed by atoms with van der Waals surface area (Å²) in [6.07, 6.45) is 6.10. The van der Waals surface area contributed by atoms with Gasteiger partial charge in [0.1, 0.15) is 5.82 Å². The molecule has 1 aliphatic carbocycles. The number of carboxylic acid groups (broad SMARTS) is 1. The molecule has 1 saturated carbocycles. The van der Waals surface area contributed by atoms with Gasteiger partial charge in [-0.05, 0) is 74.6 Å². The van der Waals surface area contributed by atoms with Gasteiger partial charge in [-0.3, -0.25) is 9.59 Å². The Kier molecular flexibility index (Phi) is 8.42. The predicted molar refractivity (Wildman–Crippen MR) is 153 cm³/mol. The molecule has 10 heteroatoms. The Morgan fingerprint density at radius 3 is 2.23 bits per heavy atom. The van der Waals surface area contributed by atoms with Gasteiger partial charge >= 0.3 is 6.09 Å². The molecule has 3 amide bonds. The maximum absolute atomic E-state index is 13.4. The second-order valence-electron chi connectivity index (χ2n) is 10.9. The van der Waals surface area contributed by atoms with Crippen LogP contribution in [0.3, 0.4) is 0 Å². The average Bonchev–Trinajstić information content (AvgIpc) is 2.99. The minimum atomic E-state index is -0.980. The number of para-hydroxylation sites is 1. The van der Waals surface area contributed by atoms with Gasteiger partial charge in [0, 0.05) is 49.2 Å². The predicted octanol–water partition coefficient (Wildman–Crippen LogP) is 3.80. The smallest absolute Gasteiger partial charge is 0.404 e. The van der Waals surface area contributed by atoms with Crippen molar-refractivity contribution in [3.63, 3.8) is 0 Å². The van der Waals surface area contributed by atoms with Crippen LogP contribution in [0.15, 0.2) is 48.7 Å². The zero-order valence-electron chi connectivity index (χ0n) is 22.5. The third kappa shape index (κ3) is 6.50. The third-order valence-electron chi connectivity index (χ3n) is 8.29. The summed E-state index contributed by atoms with van der Waals surface area (Å²) in [6.45, 7) is 2.55. The second kappa shape index (κ2) is 12.3. The zero-order chi connectivity index (χ0) is 28.1. The van der Waals surface area contributed by atoms with Crippen molar-refractivity contribution in [2.24, 2.45) is 23.5 Å². The van der Waals surface area contributed by atoms with Gasteiger partial charge in [-0.15, -0.1) is 0 Å². The van der Waals surface area contributed by atoms with E-state index in [1.807, 2.05) is 42.5 Å². The van der Waals surface area contributed by atoms with Gasteiger partial charge in [0.05, 0.1) is 16.8 Å². The Balaban J connectivity index is 1.26. The standard InChI is InChI=1S/C30H36N6O4/c31-28(37)21-11-13-36(14-12-21)27-10-9-22(18-32-27)26-15-24(23-3-1-2-4-25(23)35-26)29(38)33-16-19-5-7-20(8-6-19)17-34-30(39)40/h1-4,9-10,15,18-21,34H,5-8,11-14,16-17H2,(H2,31,37)(H,33,38)(H,39,40)/t19-,20-. The van der Waals surface area contributed by atoms with Crippen LogP contribution in [-0.2, 0) is 4.79 Å². The molecule has 0 radical (unpaired) electrons. The molecule has 3 heterocycles. The van der Waals surface area contributed by atoms with Crippen molar-refractivity contribution in [2.45, 2.75) is 38.5 Å². The van der Waals surface area contributed by atoms with Gasteiger partial charge in [-0.25, -0.2) is 14.8 Å². The Hall–Kier alpha value is -4.21. The molecular weight excluding hydrogens is 508 g/mol. The van der Waals surface area contributed by atoms with E-state index < -0.39 is 6.09 Å². The minimum Gasteiger partial charge on any atom is -0.465 e. The van der Waals surface area contributed by atoms with Gasteiger partial charge in [-0.1, -0.05) is 18.2 Å². The number of hydrogen-bond acceptors (Lipinski definition) is 6. The zero-order valence-corrected chi connectivity index (χ0v) is 22.5. The number of carbonyl (C=O) groups excluding carboxylic acids is 2. The van der Waals surface area contributed by atoms with Crippen LogP contribution < -0.4 is 21.3 Å². The summed E-state index contributed by atoms with van der Waals surface area (Å²) in [5.74, 6) is 1.15. The largest absolute Gasteiger partial charge is 0.465 e. The number of nitrogens with zero attached hydrogens (tertiary/aromatic N) is 3. The maximum Gasteiger partial charge on any atom is 0.404 e. The van der Waals surface area contributed by atoms with E-state index in [1.54, 1.807) is 6.20 Å². The summed E-state index contributed by atoms with van der Waals surface area (Å²) in [6, 6.07) is 13.4. The number of rotatable bonds is 8. The summed E-state index contributed by atoms with van der Waals surface area (Å²) in [5.41, 5.74) is 8.29. The van der Waals surface area contributed by atoms with Crippen LogP contribution in [0.2, 0.25) is 0 Å². The molecular formula is C30H36N6O4. The number of carbonyl (C=O) groups is 3. The number of fused-ring (bicyclic) bond motifs is 1. The number of nitrogens with two attached hydrogens (primary N) is 1. The molecule has 3 aromatic rings. The monoisotopic (exact) mass is 544 g/mol. The highest BCUT2D eigenvalue weighted by atomic mass is 16.4. The number of piperidine rings is 1. The number of benzene rings is 1. The number of pyridine rings is 2. The van der Waals surface area contributed by atoms with Crippen LogP contribution in [0.1, 0.15) is 48.9 Å². The maximum atomic E-state index is 13.4. The Morgan fingerprint density at radius 2 is 1.60 bits per heavy atom. The lowest BCUT2D eigenvalue weighted by Gasteiger charge is -2.31. The highest BCUT2D eigenvalue weighted by Gasteiger charge is 2.25. The summed E-state index contributed by atoms with van der Waals surface area (Å²) in [7, 11) is 0. The van der Waals surface area contributed by atoms with Gasteiger partial charge in [0.2, 0.25) is 5.91 Å². The van der Waals surface area contributed by atoms with Crippen LogP contribution in [0.4, 0.5) is 10.6 Å². The van der Waals surface area contributed by atoms with Crippen LogP contribution in [0.25, 0.3) is 22.2 Å². The van der Waals surface area contributed by atoms with Crippen molar-refractivity contribution >= 4 is 34.6 Å². The molecule has 1 aromatic carbocycles. The first kappa shape index (κ1) is 27.4. The summed E-state index contributed by atoms with van der Waals surface area (Å²) in [5, 5.41) is 15.2. The Morgan fingerprint density at radius 1 is 0.925 bits per heavy atom. The van der Waals surface area contributed by atoms with Crippen molar-refractivity contribution in [3.05, 3.63) is 54.2 Å². The second-order valence-corrected chi connectivity index (χ2v) is 10.9. The first-order valence-electron chi connectivity index (χ1n) is 14.0. The van der Waals surface area contributed by atoms with Crippen molar-refractivity contribution < 1.29 is 19.5 Å². The van der Waals surface area contributed by atoms with Crippen LogP contribution >= 0.6 is 0 Å². The molecule has 5 N–H and O–H groups in total. The summed E-state index contributed by atoms with van der Waals surface area (Å²) in [4.78, 5) is 47.3. The number of amides is 3. The van der Waals surface area contributed by atoms with E-state index in [2.05, 4.69) is 20.5 Å². The normalized spacial score (nSPS) is 19.8. The molecule has 210 valence electrons. The van der Waals surface area contributed by atoms with E-state index in [-0.39, 0.29) is 17.7 Å². The first-order chi connectivity index (χ1) is 19.4. The third-order valence-corrected chi connectivity index (χ3v) is 8.29.